The molecule has 5 atom stereocenters. The van der Waals surface area contributed by atoms with Crippen LogP contribution in [-0.4, -0.2) is 140 Å². The van der Waals surface area contributed by atoms with Crippen molar-refractivity contribution < 1.29 is 62.1 Å². The maximum absolute atomic E-state index is 15.1. The number of benzene rings is 2. The molecule has 0 saturated heterocycles. The van der Waals surface area contributed by atoms with Gasteiger partial charge in [0.15, 0.2) is 0 Å². The molecule has 79 heavy (non-hydrogen) atoms. The third kappa shape index (κ3) is 20.3. The third-order valence-electron chi connectivity index (χ3n) is 13.2. The van der Waals surface area contributed by atoms with Crippen molar-refractivity contribution in [2.24, 2.45) is 22.8 Å². The van der Waals surface area contributed by atoms with E-state index in [2.05, 4.69) is 26.6 Å². The number of carboxylic acids is 1. The molecule has 1 aliphatic heterocycles. The minimum atomic E-state index is -1.40. The number of halogens is 2. The van der Waals surface area contributed by atoms with Crippen molar-refractivity contribution in [2.75, 3.05) is 32.8 Å². The van der Waals surface area contributed by atoms with E-state index >= 15 is 4.39 Å². The number of nitrogens with zero attached hydrogens (tertiary/aromatic N) is 4. The van der Waals surface area contributed by atoms with Gasteiger partial charge < -0.3 is 53.2 Å². The van der Waals surface area contributed by atoms with Crippen LogP contribution in [-0.2, 0) is 44.8 Å². The SMILES string of the molecule is CC(C)[C@H](NC(=O)CCCCCN1C(=O)C=CC1=O)C(=O)N[C@@H](CCCCNC(N)=O)C(=O)N[C@@H](CCCCNC(=O)[C@@H](N)CCN(C(=O)CO)[C@@H](c1nn(-c2cc(F)ccc2F)cc1Cc1ccccc1)C(C)(C)C)C(=O)O. The number of imide groups is 1. The number of nitrogens with two attached hydrogens (primary N) is 2. The van der Waals surface area contributed by atoms with E-state index in [0.717, 1.165) is 28.7 Å². The Morgan fingerprint density at radius 2 is 1.41 bits per heavy atom. The van der Waals surface area contributed by atoms with Crippen LogP contribution in [0.25, 0.3) is 5.69 Å². The van der Waals surface area contributed by atoms with E-state index in [4.69, 9.17) is 16.6 Å². The Balaban J connectivity index is 1.35. The Hall–Kier alpha value is -7.60. The fourth-order valence-electron chi connectivity index (χ4n) is 9.04. The van der Waals surface area contributed by atoms with Gasteiger partial charge in [-0.1, -0.05) is 71.4 Å². The summed E-state index contributed by atoms with van der Waals surface area (Å²) in [4.78, 5) is 117. The summed E-state index contributed by atoms with van der Waals surface area (Å²) in [5, 5.41) is 38.1. The molecule has 1 aromatic heterocycles. The largest absolute Gasteiger partial charge is 0.480 e. The lowest BCUT2D eigenvalue weighted by atomic mass is 9.81. The topological polar surface area (TPSA) is 331 Å². The predicted octanol–water partition coefficient (Wildman–Crippen LogP) is 3.17. The van der Waals surface area contributed by atoms with Crippen LogP contribution < -0.4 is 38.1 Å². The quantitative estimate of drug-likeness (QED) is 0.0313. The van der Waals surface area contributed by atoms with Crippen LogP contribution in [0, 0.1) is 23.0 Å². The molecular weight excluding hydrogens is 1030 g/mol. The highest BCUT2D eigenvalue weighted by atomic mass is 19.1. The molecule has 2 heterocycles. The number of carbonyl (C=O) groups excluding carboxylic acids is 8. The minimum absolute atomic E-state index is 0.0349. The first kappa shape index (κ1) is 63.9. The van der Waals surface area contributed by atoms with E-state index in [1.165, 1.54) is 21.7 Å². The lowest BCUT2D eigenvalue weighted by Gasteiger charge is -2.40. The standard InChI is InChI=1S/C55H77F2N11O11/c1-34(2)47(64-43(70)20-10-7-15-28-66-44(71)23-24-45(66)72)52(76)62-40(18-11-14-27-61-54(59)79)51(75)63-41(53(77)78)19-12-13-26-60-50(74)39(58)25-29-67(46(73)33-69)49(55(3,4)5)48-36(30-35-16-8-6-9-17-35)32-68(65-48)42-31-37(56)21-22-38(42)57/h6,8-9,16-17,21-24,31-32,34,39-41,47,49,69H,7,10-15,18-20,25-30,33,58H2,1-5H3,(H,60,74)(H,62,76)(H,63,75)(H,64,70)(H,77,78)(H3,59,61,79)/t39-,40-,41-,47-,49-/m0/s1. The van der Waals surface area contributed by atoms with E-state index in [0.29, 0.717) is 49.8 Å². The van der Waals surface area contributed by atoms with Gasteiger partial charge in [-0.2, -0.15) is 5.10 Å². The summed E-state index contributed by atoms with van der Waals surface area (Å²) in [7, 11) is 0. The molecule has 0 saturated carbocycles. The number of carbonyl (C=O) groups is 9. The van der Waals surface area contributed by atoms with Crippen molar-refractivity contribution in [3.63, 3.8) is 0 Å². The number of aromatic nitrogens is 2. The lowest BCUT2D eigenvalue weighted by molar-refractivity contribution is -0.142. The molecule has 0 fully saturated rings. The molecular formula is C55H77F2N11O11. The number of aliphatic hydroxyl groups excluding tert-OH is 1. The van der Waals surface area contributed by atoms with Crippen molar-refractivity contribution in [3.8, 4) is 5.69 Å². The second kappa shape index (κ2) is 31.1. The molecule has 0 spiro atoms. The molecule has 3 aromatic rings. The Labute approximate surface area is 458 Å². The van der Waals surface area contributed by atoms with E-state index in [1.54, 1.807) is 20.0 Å². The summed E-state index contributed by atoms with van der Waals surface area (Å²) < 4.78 is 30.8. The molecule has 432 valence electrons. The zero-order chi connectivity index (χ0) is 58.4. The van der Waals surface area contributed by atoms with Crippen LogP contribution in [0.4, 0.5) is 13.6 Å². The Morgan fingerprint density at radius 1 is 0.772 bits per heavy atom. The number of aliphatic hydroxyl groups is 1. The highest BCUT2D eigenvalue weighted by Crippen LogP contribution is 2.40. The predicted molar refractivity (Wildman–Crippen MR) is 287 cm³/mol. The molecule has 9 amide bonds. The number of urea groups is 1. The van der Waals surface area contributed by atoms with Crippen LogP contribution in [0.1, 0.15) is 128 Å². The molecule has 4 rings (SSSR count). The van der Waals surface area contributed by atoms with Crippen LogP contribution >= 0.6 is 0 Å². The monoisotopic (exact) mass is 1110 g/mol. The van der Waals surface area contributed by atoms with Crippen LogP contribution in [0.5, 0.6) is 0 Å². The molecule has 0 aliphatic carbocycles. The van der Waals surface area contributed by atoms with Gasteiger partial charge in [0.1, 0.15) is 42.1 Å². The number of primary amides is 1. The zero-order valence-electron chi connectivity index (χ0n) is 45.6. The number of aliphatic carboxylic acids is 1. The van der Waals surface area contributed by atoms with Gasteiger partial charge in [-0.25, -0.2) is 23.1 Å². The third-order valence-corrected chi connectivity index (χ3v) is 13.2. The maximum atomic E-state index is 15.1. The first-order chi connectivity index (χ1) is 37.4. The number of rotatable bonds is 33. The smallest absolute Gasteiger partial charge is 0.326 e. The van der Waals surface area contributed by atoms with E-state index in [9.17, 15) is 57.8 Å². The first-order valence-corrected chi connectivity index (χ1v) is 26.6. The summed E-state index contributed by atoms with van der Waals surface area (Å²) in [5.74, 6) is -7.16. The molecule has 1 aliphatic rings. The summed E-state index contributed by atoms with van der Waals surface area (Å²) >= 11 is 0. The van der Waals surface area contributed by atoms with E-state index in [1.807, 2.05) is 51.1 Å². The highest BCUT2D eigenvalue weighted by Gasteiger charge is 2.39. The van der Waals surface area contributed by atoms with Crippen molar-refractivity contribution in [2.45, 2.75) is 142 Å². The van der Waals surface area contributed by atoms with E-state index in [-0.39, 0.29) is 70.4 Å². The number of hydrogen-bond acceptors (Lipinski definition) is 12. The fraction of sp³-hybridized carbons (Fsp3) is 0.527. The zero-order valence-corrected chi connectivity index (χ0v) is 45.6. The lowest BCUT2D eigenvalue weighted by Crippen LogP contribution is -2.57. The van der Waals surface area contributed by atoms with Gasteiger partial charge in [0.25, 0.3) is 11.8 Å². The molecule has 11 N–H and O–H groups in total. The average molecular weight is 1110 g/mol. The van der Waals surface area contributed by atoms with Crippen molar-refractivity contribution in [1.29, 1.82) is 0 Å². The minimum Gasteiger partial charge on any atom is -0.480 e. The van der Waals surface area contributed by atoms with Gasteiger partial charge in [0.2, 0.25) is 29.5 Å². The van der Waals surface area contributed by atoms with Crippen molar-refractivity contribution in [1.82, 2.24) is 46.2 Å². The molecule has 0 unspecified atom stereocenters. The molecule has 24 heteroatoms. The Bertz CT molecular complexity index is 2610. The number of carboxylic acid groups (broad SMARTS) is 1. The van der Waals surface area contributed by atoms with E-state index < -0.39 is 113 Å². The summed E-state index contributed by atoms with van der Waals surface area (Å²) in [6.45, 7) is 8.41. The van der Waals surface area contributed by atoms with Crippen LogP contribution in [0.2, 0.25) is 0 Å². The van der Waals surface area contributed by atoms with Crippen molar-refractivity contribution >= 4 is 53.4 Å². The summed E-state index contributed by atoms with van der Waals surface area (Å²) in [6, 6.07) is 5.85. The van der Waals surface area contributed by atoms with Gasteiger partial charge in [-0.3, -0.25) is 38.5 Å². The molecule has 2 aromatic carbocycles. The number of unbranched alkanes of at least 4 members (excludes halogenated alkanes) is 4. The maximum Gasteiger partial charge on any atom is 0.326 e. The van der Waals surface area contributed by atoms with Crippen LogP contribution in [0.15, 0.2) is 66.9 Å². The number of amides is 9. The Morgan fingerprint density at radius 3 is 2.01 bits per heavy atom. The highest BCUT2D eigenvalue weighted by molar-refractivity contribution is 6.12. The Kier molecular flexibility index (Phi) is 25.2. The fourth-order valence-corrected chi connectivity index (χ4v) is 9.04. The molecule has 0 radical (unpaired) electrons. The second-order valence-corrected chi connectivity index (χ2v) is 20.9. The van der Waals surface area contributed by atoms with Gasteiger partial charge in [0, 0.05) is 69.0 Å². The van der Waals surface area contributed by atoms with Gasteiger partial charge in [-0.15, -0.1) is 0 Å². The number of nitrogens with one attached hydrogen (secondary N) is 5. The van der Waals surface area contributed by atoms with Crippen molar-refractivity contribution in [3.05, 3.63) is 95.3 Å². The second-order valence-electron chi connectivity index (χ2n) is 20.9. The first-order valence-electron chi connectivity index (χ1n) is 26.6. The normalized spacial score (nSPS) is 14.3. The number of hydrogen-bond donors (Lipinski definition) is 9. The van der Waals surface area contributed by atoms with Gasteiger partial charge in [0.05, 0.1) is 17.8 Å². The molecule has 0 bridgehead atoms. The average Bonchev–Trinajstić information content (AvgIpc) is 4.04. The summed E-state index contributed by atoms with van der Waals surface area (Å²) in [6.07, 6.45) is 6.78. The van der Waals surface area contributed by atoms with Gasteiger partial charge >= 0.3 is 12.0 Å². The van der Waals surface area contributed by atoms with Crippen LogP contribution in [0.3, 0.4) is 0 Å². The summed E-state index contributed by atoms with van der Waals surface area (Å²) in [5.41, 5.74) is 12.4. The molecule has 22 nitrogen and oxygen atoms in total. The van der Waals surface area contributed by atoms with Gasteiger partial charge in [-0.05, 0) is 86.8 Å².